The van der Waals surface area contributed by atoms with Crippen LogP contribution in [-0.4, -0.2) is 32.1 Å². The summed E-state index contributed by atoms with van der Waals surface area (Å²) in [6.07, 6.45) is 0.170. The Hall–Kier alpha value is -2.49. The Morgan fingerprint density at radius 3 is 2.42 bits per heavy atom. The fourth-order valence-electron chi connectivity index (χ4n) is 2.38. The van der Waals surface area contributed by atoms with Gasteiger partial charge >= 0.3 is 0 Å². The van der Waals surface area contributed by atoms with E-state index >= 15 is 0 Å². The zero-order chi connectivity index (χ0) is 17.4. The van der Waals surface area contributed by atoms with Gasteiger partial charge < -0.3 is 15.0 Å². The van der Waals surface area contributed by atoms with Gasteiger partial charge in [-0.1, -0.05) is 42.8 Å². The number of likely N-dealkylation sites (N-methyl/N-ethyl adjacent to an activating group) is 1. The summed E-state index contributed by atoms with van der Waals surface area (Å²) in [7, 11) is 2.02. The SMILES string of the molecule is CC[C@@H](Oc1ccc(C)cc1)C(=O)NCCN(C)c1ccccc1. The Kier molecular flexibility index (Phi) is 6.67. The summed E-state index contributed by atoms with van der Waals surface area (Å²) in [6, 6.07) is 17.9. The minimum Gasteiger partial charge on any atom is -0.481 e. The van der Waals surface area contributed by atoms with E-state index in [9.17, 15) is 4.79 Å². The smallest absolute Gasteiger partial charge is 0.261 e. The van der Waals surface area contributed by atoms with Gasteiger partial charge in [-0.25, -0.2) is 0 Å². The molecule has 1 N–H and O–H groups in total. The summed E-state index contributed by atoms with van der Waals surface area (Å²) < 4.78 is 5.80. The van der Waals surface area contributed by atoms with Gasteiger partial charge in [0.2, 0.25) is 0 Å². The number of hydrogen-bond donors (Lipinski definition) is 1. The number of aryl methyl sites for hydroxylation is 1. The summed E-state index contributed by atoms with van der Waals surface area (Å²) in [6.45, 7) is 5.31. The maximum absolute atomic E-state index is 12.3. The van der Waals surface area contributed by atoms with Gasteiger partial charge in [-0.05, 0) is 37.6 Å². The van der Waals surface area contributed by atoms with Gasteiger partial charge in [0, 0.05) is 25.8 Å². The van der Waals surface area contributed by atoms with Crippen molar-refractivity contribution in [2.45, 2.75) is 26.4 Å². The van der Waals surface area contributed by atoms with Crippen LogP contribution in [0.25, 0.3) is 0 Å². The maximum atomic E-state index is 12.3. The quantitative estimate of drug-likeness (QED) is 0.808. The number of nitrogens with zero attached hydrogens (tertiary/aromatic N) is 1. The second-order valence-corrected chi connectivity index (χ2v) is 5.88. The van der Waals surface area contributed by atoms with Crippen LogP contribution in [0.2, 0.25) is 0 Å². The van der Waals surface area contributed by atoms with Gasteiger partial charge in [0.15, 0.2) is 6.10 Å². The normalized spacial score (nSPS) is 11.6. The third kappa shape index (κ3) is 5.30. The molecule has 2 aromatic carbocycles. The molecule has 4 heteroatoms. The monoisotopic (exact) mass is 326 g/mol. The molecule has 2 rings (SSSR count). The van der Waals surface area contributed by atoms with Crippen LogP contribution >= 0.6 is 0 Å². The van der Waals surface area contributed by atoms with Gasteiger partial charge in [-0.15, -0.1) is 0 Å². The van der Waals surface area contributed by atoms with Gasteiger partial charge in [0.1, 0.15) is 5.75 Å². The first-order chi connectivity index (χ1) is 11.6. The van der Waals surface area contributed by atoms with Gasteiger partial charge in [0.25, 0.3) is 5.91 Å². The van der Waals surface area contributed by atoms with Crippen LogP contribution in [0, 0.1) is 6.92 Å². The minimum atomic E-state index is -0.463. The zero-order valence-corrected chi connectivity index (χ0v) is 14.7. The van der Waals surface area contributed by atoms with Crippen molar-refractivity contribution in [1.82, 2.24) is 5.32 Å². The fraction of sp³-hybridized carbons (Fsp3) is 0.350. The Labute approximate surface area is 144 Å². The van der Waals surface area contributed by atoms with Crippen molar-refractivity contribution in [2.24, 2.45) is 0 Å². The Morgan fingerprint density at radius 1 is 1.12 bits per heavy atom. The van der Waals surface area contributed by atoms with Gasteiger partial charge in [0.05, 0.1) is 0 Å². The van der Waals surface area contributed by atoms with Gasteiger partial charge in [-0.2, -0.15) is 0 Å². The number of para-hydroxylation sites is 1. The number of ether oxygens (including phenoxy) is 1. The fourth-order valence-corrected chi connectivity index (χ4v) is 2.38. The number of carbonyl (C=O) groups is 1. The van der Waals surface area contributed by atoms with Crippen LogP contribution in [0.1, 0.15) is 18.9 Å². The number of nitrogens with one attached hydrogen (secondary N) is 1. The van der Waals surface area contributed by atoms with E-state index in [2.05, 4.69) is 22.3 Å². The molecular weight excluding hydrogens is 300 g/mol. The van der Waals surface area contributed by atoms with E-state index in [1.165, 1.54) is 5.56 Å². The van der Waals surface area contributed by atoms with Crippen LogP contribution in [-0.2, 0) is 4.79 Å². The largest absolute Gasteiger partial charge is 0.481 e. The second-order valence-electron chi connectivity index (χ2n) is 5.88. The van der Waals surface area contributed by atoms with Crippen molar-refractivity contribution in [2.75, 3.05) is 25.0 Å². The van der Waals surface area contributed by atoms with Gasteiger partial charge in [-0.3, -0.25) is 4.79 Å². The summed E-state index contributed by atoms with van der Waals surface area (Å²) in [5.41, 5.74) is 2.30. The first kappa shape index (κ1) is 17.9. The maximum Gasteiger partial charge on any atom is 0.261 e. The average molecular weight is 326 g/mol. The van der Waals surface area contributed by atoms with Crippen molar-refractivity contribution in [3.8, 4) is 5.75 Å². The minimum absolute atomic E-state index is 0.0699. The third-order valence-electron chi connectivity index (χ3n) is 3.91. The lowest BCUT2D eigenvalue weighted by molar-refractivity contribution is -0.128. The van der Waals surface area contributed by atoms with E-state index in [1.54, 1.807) is 0 Å². The molecule has 4 nitrogen and oxygen atoms in total. The van der Waals surface area contributed by atoms with Crippen LogP contribution in [0.3, 0.4) is 0 Å². The second kappa shape index (κ2) is 8.96. The molecule has 24 heavy (non-hydrogen) atoms. The highest BCUT2D eigenvalue weighted by atomic mass is 16.5. The molecule has 0 spiro atoms. The summed E-state index contributed by atoms with van der Waals surface area (Å²) in [5.74, 6) is 0.656. The van der Waals surface area contributed by atoms with Crippen molar-refractivity contribution < 1.29 is 9.53 Å². The average Bonchev–Trinajstić information content (AvgIpc) is 2.61. The van der Waals surface area contributed by atoms with Crippen molar-refractivity contribution in [3.05, 3.63) is 60.2 Å². The van der Waals surface area contributed by atoms with Crippen LogP contribution in [0.4, 0.5) is 5.69 Å². The number of benzene rings is 2. The molecule has 0 radical (unpaired) electrons. The lowest BCUT2D eigenvalue weighted by Gasteiger charge is -2.21. The van der Waals surface area contributed by atoms with Crippen LogP contribution < -0.4 is 15.0 Å². The van der Waals surface area contributed by atoms with E-state index in [1.807, 2.05) is 63.4 Å². The predicted molar refractivity (Wildman–Crippen MR) is 98.6 cm³/mol. The Bertz CT molecular complexity index is 626. The molecule has 1 atom stereocenters. The molecule has 0 aliphatic rings. The van der Waals surface area contributed by atoms with E-state index in [0.29, 0.717) is 13.0 Å². The highest BCUT2D eigenvalue weighted by Crippen LogP contribution is 2.15. The van der Waals surface area contributed by atoms with E-state index in [-0.39, 0.29) is 5.91 Å². The lowest BCUT2D eigenvalue weighted by Crippen LogP contribution is -2.41. The summed E-state index contributed by atoms with van der Waals surface area (Å²) >= 11 is 0. The van der Waals surface area contributed by atoms with Crippen LogP contribution in [0.15, 0.2) is 54.6 Å². The number of carbonyl (C=O) groups excluding carboxylic acids is 1. The molecule has 0 heterocycles. The lowest BCUT2D eigenvalue weighted by atomic mass is 10.2. The standard InChI is InChI=1S/C20H26N2O2/c1-4-19(24-18-12-10-16(2)11-13-18)20(23)21-14-15-22(3)17-8-6-5-7-9-17/h5-13,19H,4,14-15H2,1-3H3,(H,21,23)/t19-/m1/s1. The first-order valence-electron chi connectivity index (χ1n) is 8.37. The Morgan fingerprint density at radius 2 is 1.79 bits per heavy atom. The highest BCUT2D eigenvalue weighted by molar-refractivity contribution is 5.81. The number of rotatable bonds is 8. The summed E-state index contributed by atoms with van der Waals surface area (Å²) in [5, 5.41) is 2.96. The van der Waals surface area contributed by atoms with Crippen molar-refractivity contribution in [3.63, 3.8) is 0 Å². The zero-order valence-electron chi connectivity index (χ0n) is 14.7. The molecule has 128 valence electrons. The number of hydrogen-bond acceptors (Lipinski definition) is 3. The molecule has 0 saturated carbocycles. The van der Waals surface area contributed by atoms with E-state index < -0.39 is 6.10 Å². The topological polar surface area (TPSA) is 41.6 Å². The molecule has 0 aliphatic carbocycles. The number of amides is 1. The first-order valence-corrected chi connectivity index (χ1v) is 8.37. The molecule has 0 aromatic heterocycles. The third-order valence-corrected chi connectivity index (χ3v) is 3.91. The van der Waals surface area contributed by atoms with E-state index in [0.717, 1.165) is 18.0 Å². The van der Waals surface area contributed by atoms with E-state index in [4.69, 9.17) is 4.74 Å². The molecule has 0 fully saturated rings. The van der Waals surface area contributed by atoms with Crippen LogP contribution in [0.5, 0.6) is 5.75 Å². The summed E-state index contributed by atoms with van der Waals surface area (Å²) in [4.78, 5) is 14.4. The predicted octanol–water partition coefficient (Wildman–Crippen LogP) is 3.41. The molecule has 0 saturated heterocycles. The highest BCUT2D eigenvalue weighted by Gasteiger charge is 2.17. The molecule has 0 bridgehead atoms. The molecular formula is C20H26N2O2. The molecule has 2 aromatic rings. The van der Waals surface area contributed by atoms with Crippen molar-refractivity contribution in [1.29, 1.82) is 0 Å². The Balaban J connectivity index is 1.80. The molecule has 0 aliphatic heterocycles. The number of anilines is 1. The van der Waals surface area contributed by atoms with Crippen molar-refractivity contribution >= 4 is 11.6 Å². The molecule has 0 unspecified atom stereocenters. The molecule has 1 amide bonds.